The van der Waals surface area contributed by atoms with Crippen LogP contribution in [0.1, 0.15) is 34.6 Å². The lowest BCUT2D eigenvalue weighted by molar-refractivity contribution is -0.127. The fourth-order valence-electron chi connectivity index (χ4n) is 1.30. The first-order valence-corrected chi connectivity index (χ1v) is 5.93. The van der Waals surface area contributed by atoms with Gasteiger partial charge in [-0.3, -0.25) is 9.69 Å². The summed E-state index contributed by atoms with van der Waals surface area (Å²) in [6.45, 7) is 11.4. The molecule has 96 valence electrons. The standard InChI is InChI=1S/C12H27N3O/c1-9(2)7-14-11(16)10(3)15(6)12(4,5)8-13/h9-10H,7-8,13H2,1-6H3,(H,14,16). The summed E-state index contributed by atoms with van der Waals surface area (Å²) in [6, 6.07) is -0.155. The molecule has 1 unspecified atom stereocenters. The van der Waals surface area contributed by atoms with E-state index in [0.717, 1.165) is 6.54 Å². The van der Waals surface area contributed by atoms with E-state index in [1.807, 2.05) is 32.7 Å². The van der Waals surface area contributed by atoms with Gasteiger partial charge in [-0.1, -0.05) is 13.8 Å². The van der Waals surface area contributed by atoms with Gasteiger partial charge in [-0.2, -0.15) is 0 Å². The molecule has 0 heterocycles. The predicted octanol–water partition coefficient (Wildman–Crippen LogP) is 0.816. The summed E-state index contributed by atoms with van der Waals surface area (Å²) in [7, 11) is 1.94. The maximum absolute atomic E-state index is 11.9. The highest BCUT2D eigenvalue weighted by molar-refractivity contribution is 5.81. The number of nitrogens with zero attached hydrogens (tertiary/aromatic N) is 1. The molecule has 4 nitrogen and oxygen atoms in total. The van der Waals surface area contributed by atoms with Crippen molar-refractivity contribution in [3.05, 3.63) is 0 Å². The van der Waals surface area contributed by atoms with E-state index in [9.17, 15) is 4.79 Å². The summed E-state index contributed by atoms with van der Waals surface area (Å²) in [5.41, 5.74) is 5.54. The first-order chi connectivity index (χ1) is 7.22. The smallest absolute Gasteiger partial charge is 0.237 e. The maximum Gasteiger partial charge on any atom is 0.237 e. The lowest BCUT2D eigenvalue weighted by atomic mass is 10.0. The summed E-state index contributed by atoms with van der Waals surface area (Å²) in [5.74, 6) is 0.543. The van der Waals surface area contributed by atoms with E-state index < -0.39 is 0 Å². The summed E-state index contributed by atoms with van der Waals surface area (Å²) in [5, 5.41) is 2.94. The van der Waals surface area contributed by atoms with E-state index in [4.69, 9.17) is 5.73 Å². The van der Waals surface area contributed by atoms with Gasteiger partial charge in [0, 0.05) is 18.6 Å². The van der Waals surface area contributed by atoms with E-state index in [0.29, 0.717) is 12.5 Å². The summed E-state index contributed by atoms with van der Waals surface area (Å²) < 4.78 is 0. The van der Waals surface area contributed by atoms with Crippen LogP contribution in [0.25, 0.3) is 0 Å². The molecule has 0 aromatic carbocycles. The van der Waals surface area contributed by atoms with E-state index in [1.165, 1.54) is 0 Å². The highest BCUT2D eigenvalue weighted by atomic mass is 16.2. The molecule has 0 saturated heterocycles. The molecule has 0 saturated carbocycles. The van der Waals surface area contributed by atoms with E-state index >= 15 is 0 Å². The maximum atomic E-state index is 11.9. The second-order valence-electron chi connectivity index (χ2n) is 5.44. The zero-order chi connectivity index (χ0) is 12.9. The molecule has 0 aromatic heterocycles. The summed E-state index contributed by atoms with van der Waals surface area (Å²) >= 11 is 0. The van der Waals surface area contributed by atoms with Gasteiger partial charge in [0.05, 0.1) is 6.04 Å². The molecule has 0 fully saturated rings. The SMILES string of the molecule is CC(C)CNC(=O)C(C)N(C)C(C)(C)CN. The van der Waals surface area contributed by atoms with Crippen LogP contribution in [-0.4, -0.2) is 42.5 Å². The highest BCUT2D eigenvalue weighted by Crippen LogP contribution is 2.13. The van der Waals surface area contributed by atoms with Crippen molar-refractivity contribution in [1.82, 2.24) is 10.2 Å². The van der Waals surface area contributed by atoms with Crippen molar-refractivity contribution in [2.75, 3.05) is 20.1 Å². The Morgan fingerprint density at radius 3 is 2.25 bits per heavy atom. The van der Waals surface area contributed by atoms with E-state index in [-0.39, 0.29) is 17.5 Å². The third-order valence-corrected chi connectivity index (χ3v) is 3.10. The molecule has 0 aliphatic carbocycles. The van der Waals surface area contributed by atoms with Crippen molar-refractivity contribution in [3.8, 4) is 0 Å². The van der Waals surface area contributed by atoms with Crippen LogP contribution in [0, 0.1) is 5.92 Å². The Labute approximate surface area is 99.6 Å². The minimum absolute atomic E-state index is 0.0673. The number of carbonyl (C=O) groups is 1. The first-order valence-electron chi connectivity index (χ1n) is 5.93. The van der Waals surface area contributed by atoms with Crippen LogP contribution in [0.4, 0.5) is 0 Å². The van der Waals surface area contributed by atoms with Gasteiger partial charge in [0.2, 0.25) is 5.91 Å². The molecular weight excluding hydrogens is 202 g/mol. The van der Waals surface area contributed by atoms with Crippen LogP contribution in [0.3, 0.4) is 0 Å². The van der Waals surface area contributed by atoms with Crippen molar-refractivity contribution < 1.29 is 4.79 Å². The fourth-order valence-corrected chi connectivity index (χ4v) is 1.30. The van der Waals surface area contributed by atoms with Crippen LogP contribution in [0.2, 0.25) is 0 Å². The number of hydrogen-bond acceptors (Lipinski definition) is 3. The Balaban J connectivity index is 4.32. The van der Waals surface area contributed by atoms with Gasteiger partial charge in [-0.25, -0.2) is 0 Å². The second-order valence-corrected chi connectivity index (χ2v) is 5.44. The van der Waals surface area contributed by atoms with Gasteiger partial charge in [-0.05, 0) is 33.7 Å². The molecule has 0 bridgehead atoms. The summed E-state index contributed by atoms with van der Waals surface area (Å²) in [6.07, 6.45) is 0. The Morgan fingerprint density at radius 2 is 1.88 bits per heavy atom. The Kier molecular flexibility index (Phi) is 5.97. The fraction of sp³-hybridized carbons (Fsp3) is 0.917. The largest absolute Gasteiger partial charge is 0.354 e. The minimum Gasteiger partial charge on any atom is -0.354 e. The van der Waals surface area contributed by atoms with Gasteiger partial charge >= 0.3 is 0 Å². The number of amides is 1. The Bertz CT molecular complexity index is 226. The van der Waals surface area contributed by atoms with Gasteiger partial charge in [0.25, 0.3) is 0 Å². The molecule has 4 heteroatoms. The first kappa shape index (κ1) is 15.4. The molecule has 0 spiro atoms. The van der Waals surface area contributed by atoms with Crippen molar-refractivity contribution in [1.29, 1.82) is 0 Å². The molecule has 0 aromatic rings. The van der Waals surface area contributed by atoms with Gasteiger partial charge in [0.15, 0.2) is 0 Å². The van der Waals surface area contributed by atoms with E-state index in [1.54, 1.807) is 0 Å². The molecule has 0 aliphatic rings. The Morgan fingerprint density at radius 1 is 1.38 bits per heavy atom. The predicted molar refractivity (Wildman–Crippen MR) is 68.2 cm³/mol. The quantitative estimate of drug-likeness (QED) is 0.709. The third-order valence-electron chi connectivity index (χ3n) is 3.10. The monoisotopic (exact) mass is 229 g/mol. The highest BCUT2D eigenvalue weighted by Gasteiger charge is 2.29. The number of rotatable bonds is 6. The summed E-state index contributed by atoms with van der Waals surface area (Å²) in [4.78, 5) is 13.9. The number of likely N-dealkylation sites (N-methyl/N-ethyl adjacent to an activating group) is 1. The number of nitrogens with one attached hydrogen (secondary N) is 1. The van der Waals surface area contributed by atoms with Gasteiger partial charge in [-0.15, -0.1) is 0 Å². The molecule has 1 atom stereocenters. The van der Waals surface area contributed by atoms with Crippen molar-refractivity contribution >= 4 is 5.91 Å². The second kappa shape index (κ2) is 6.21. The number of hydrogen-bond donors (Lipinski definition) is 2. The minimum atomic E-state index is -0.158. The molecule has 0 rings (SSSR count). The van der Waals surface area contributed by atoms with Crippen LogP contribution >= 0.6 is 0 Å². The molecule has 16 heavy (non-hydrogen) atoms. The molecular formula is C12H27N3O. The number of carbonyl (C=O) groups excluding carboxylic acids is 1. The average Bonchev–Trinajstić information content (AvgIpc) is 2.23. The zero-order valence-electron chi connectivity index (χ0n) is 11.5. The number of nitrogens with two attached hydrogens (primary N) is 1. The lowest BCUT2D eigenvalue weighted by Gasteiger charge is -2.38. The zero-order valence-corrected chi connectivity index (χ0v) is 11.5. The van der Waals surface area contributed by atoms with Gasteiger partial charge < -0.3 is 11.1 Å². The molecule has 1 amide bonds. The van der Waals surface area contributed by atoms with Crippen molar-refractivity contribution in [2.45, 2.75) is 46.2 Å². The van der Waals surface area contributed by atoms with Crippen molar-refractivity contribution in [3.63, 3.8) is 0 Å². The Hall–Kier alpha value is -0.610. The van der Waals surface area contributed by atoms with Crippen molar-refractivity contribution in [2.24, 2.45) is 11.7 Å². The van der Waals surface area contributed by atoms with Crippen LogP contribution in [0.5, 0.6) is 0 Å². The van der Waals surface area contributed by atoms with Crippen LogP contribution in [-0.2, 0) is 4.79 Å². The van der Waals surface area contributed by atoms with Crippen LogP contribution in [0.15, 0.2) is 0 Å². The third kappa shape index (κ3) is 4.49. The normalized spacial score (nSPS) is 14.3. The molecule has 0 radical (unpaired) electrons. The van der Waals surface area contributed by atoms with Crippen LogP contribution < -0.4 is 11.1 Å². The average molecular weight is 229 g/mol. The molecule has 3 N–H and O–H groups in total. The van der Waals surface area contributed by atoms with E-state index in [2.05, 4.69) is 19.2 Å². The topological polar surface area (TPSA) is 58.4 Å². The molecule has 0 aliphatic heterocycles. The van der Waals surface area contributed by atoms with Gasteiger partial charge in [0.1, 0.15) is 0 Å². The lowest BCUT2D eigenvalue weighted by Crippen LogP contribution is -2.55.